The lowest BCUT2D eigenvalue weighted by molar-refractivity contribution is 0.414. The minimum Gasteiger partial charge on any atom is -0.497 e. The third-order valence-corrected chi connectivity index (χ3v) is 4.14. The van der Waals surface area contributed by atoms with Crippen LogP contribution in [0.25, 0.3) is 0 Å². The number of aryl methyl sites for hydroxylation is 1. The van der Waals surface area contributed by atoms with Crippen LogP contribution < -0.4 is 10.5 Å². The first-order valence-electron chi connectivity index (χ1n) is 6.45. The molecule has 2 N–H and O–H groups in total. The van der Waals surface area contributed by atoms with Crippen molar-refractivity contribution in [2.75, 3.05) is 13.7 Å². The van der Waals surface area contributed by atoms with Crippen LogP contribution in [-0.2, 0) is 12.8 Å². The summed E-state index contributed by atoms with van der Waals surface area (Å²) in [6.45, 7) is 2.71. The van der Waals surface area contributed by atoms with Crippen LogP contribution in [0.1, 0.15) is 16.3 Å². The molecule has 1 heterocycles. The molecule has 0 fully saturated rings. The van der Waals surface area contributed by atoms with Gasteiger partial charge in [-0.15, -0.1) is 11.3 Å². The molecule has 0 amide bonds. The molecule has 1 atom stereocenters. The Labute approximate surface area is 118 Å². The molecule has 4 heteroatoms. The van der Waals surface area contributed by atoms with Gasteiger partial charge in [0, 0.05) is 17.5 Å². The van der Waals surface area contributed by atoms with Crippen molar-refractivity contribution in [3.63, 3.8) is 0 Å². The Bertz CT molecular complexity index is 507. The van der Waals surface area contributed by atoms with Crippen molar-refractivity contribution in [2.45, 2.75) is 19.8 Å². The zero-order valence-corrected chi connectivity index (χ0v) is 12.2. The first-order valence-corrected chi connectivity index (χ1v) is 7.33. The minimum absolute atomic E-state index is 0.443. The Hall–Kier alpha value is -1.39. The molecule has 0 aliphatic rings. The van der Waals surface area contributed by atoms with Gasteiger partial charge >= 0.3 is 0 Å². The fourth-order valence-electron chi connectivity index (χ4n) is 2.08. The summed E-state index contributed by atoms with van der Waals surface area (Å²) in [5.74, 6) is 1.34. The summed E-state index contributed by atoms with van der Waals surface area (Å²) in [6, 6.07) is 8.20. The number of benzene rings is 1. The van der Waals surface area contributed by atoms with Crippen LogP contribution in [0.15, 0.2) is 29.6 Å². The van der Waals surface area contributed by atoms with Gasteiger partial charge in [0.05, 0.1) is 12.1 Å². The molecule has 0 aliphatic carbocycles. The van der Waals surface area contributed by atoms with E-state index < -0.39 is 0 Å². The summed E-state index contributed by atoms with van der Waals surface area (Å²) in [5.41, 5.74) is 8.28. The zero-order valence-electron chi connectivity index (χ0n) is 11.4. The minimum atomic E-state index is 0.443. The average molecular weight is 276 g/mol. The molecule has 1 aromatic carbocycles. The van der Waals surface area contributed by atoms with Gasteiger partial charge < -0.3 is 10.5 Å². The number of hydrogen-bond acceptors (Lipinski definition) is 4. The smallest absolute Gasteiger partial charge is 0.118 e. The summed E-state index contributed by atoms with van der Waals surface area (Å²) >= 11 is 1.72. The summed E-state index contributed by atoms with van der Waals surface area (Å²) in [6.07, 6.45) is 1.94. The van der Waals surface area contributed by atoms with Crippen molar-refractivity contribution >= 4 is 11.3 Å². The molecule has 0 spiro atoms. The molecule has 0 radical (unpaired) electrons. The first kappa shape index (κ1) is 14.0. The van der Waals surface area contributed by atoms with Crippen LogP contribution in [-0.4, -0.2) is 18.6 Å². The van der Waals surface area contributed by atoms with Gasteiger partial charge in [0.25, 0.3) is 0 Å². The van der Waals surface area contributed by atoms with Crippen molar-refractivity contribution in [2.24, 2.45) is 11.7 Å². The Kier molecular flexibility index (Phi) is 4.93. The predicted octanol–water partition coefficient (Wildman–Crippen LogP) is 2.82. The number of hydrogen-bond donors (Lipinski definition) is 1. The van der Waals surface area contributed by atoms with E-state index in [-0.39, 0.29) is 0 Å². The largest absolute Gasteiger partial charge is 0.497 e. The topological polar surface area (TPSA) is 48.1 Å². The van der Waals surface area contributed by atoms with E-state index in [1.165, 1.54) is 10.6 Å². The maximum Gasteiger partial charge on any atom is 0.118 e. The Morgan fingerprint density at radius 1 is 1.26 bits per heavy atom. The standard InChI is InChI=1S/C15H20N2OS/c1-11-10-19-15(17-11)8-13(9-16)7-12-3-5-14(18-2)6-4-12/h3-6,10,13H,7-9,16H2,1-2H3. The summed E-state index contributed by atoms with van der Waals surface area (Å²) in [4.78, 5) is 4.51. The Morgan fingerprint density at radius 2 is 2.00 bits per heavy atom. The second kappa shape index (κ2) is 6.68. The quantitative estimate of drug-likeness (QED) is 0.882. The molecule has 2 aromatic rings. The van der Waals surface area contributed by atoms with Crippen molar-refractivity contribution < 1.29 is 4.74 Å². The number of aromatic nitrogens is 1. The molecular weight excluding hydrogens is 256 g/mol. The van der Waals surface area contributed by atoms with Crippen molar-refractivity contribution in [3.8, 4) is 5.75 Å². The van der Waals surface area contributed by atoms with Crippen LogP contribution in [0.2, 0.25) is 0 Å². The SMILES string of the molecule is COc1ccc(CC(CN)Cc2nc(C)cs2)cc1. The van der Waals surface area contributed by atoms with Crippen molar-refractivity contribution in [1.82, 2.24) is 4.98 Å². The second-order valence-corrected chi connectivity index (χ2v) is 5.68. The molecule has 1 aromatic heterocycles. The van der Waals surface area contributed by atoms with E-state index in [2.05, 4.69) is 22.5 Å². The highest BCUT2D eigenvalue weighted by molar-refractivity contribution is 7.09. The average Bonchev–Trinajstić information content (AvgIpc) is 2.84. The van der Waals surface area contributed by atoms with E-state index >= 15 is 0 Å². The van der Waals surface area contributed by atoms with Crippen LogP contribution in [0.4, 0.5) is 0 Å². The van der Waals surface area contributed by atoms with E-state index in [1.54, 1.807) is 18.4 Å². The highest BCUT2D eigenvalue weighted by Crippen LogP contribution is 2.19. The third-order valence-electron chi connectivity index (χ3n) is 3.15. The fraction of sp³-hybridized carbons (Fsp3) is 0.400. The Morgan fingerprint density at radius 3 is 2.53 bits per heavy atom. The van der Waals surface area contributed by atoms with Crippen LogP contribution in [0.3, 0.4) is 0 Å². The van der Waals surface area contributed by atoms with Crippen LogP contribution in [0.5, 0.6) is 5.75 Å². The summed E-state index contributed by atoms with van der Waals surface area (Å²) in [7, 11) is 1.68. The maximum atomic E-state index is 5.88. The predicted molar refractivity (Wildman–Crippen MR) is 79.8 cm³/mol. The number of thiazole rings is 1. The lowest BCUT2D eigenvalue weighted by Gasteiger charge is -2.13. The lowest BCUT2D eigenvalue weighted by atomic mass is 9.96. The maximum absolute atomic E-state index is 5.88. The molecule has 19 heavy (non-hydrogen) atoms. The fourth-order valence-corrected chi connectivity index (χ4v) is 2.97. The van der Waals surface area contributed by atoms with E-state index in [9.17, 15) is 0 Å². The van der Waals surface area contributed by atoms with Gasteiger partial charge in [-0.2, -0.15) is 0 Å². The van der Waals surface area contributed by atoms with Gasteiger partial charge in [0.15, 0.2) is 0 Å². The van der Waals surface area contributed by atoms with Gasteiger partial charge in [-0.1, -0.05) is 12.1 Å². The second-order valence-electron chi connectivity index (χ2n) is 4.74. The van der Waals surface area contributed by atoms with E-state index in [4.69, 9.17) is 10.5 Å². The zero-order chi connectivity index (χ0) is 13.7. The molecule has 3 nitrogen and oxygen atoms in total. The molecule has 0 aliphatic heterocycles. The molecule has 0 bridgehead atoms. The first-order chi connectivity index (χ1) is 9.21. The summed E-state index contributed by atoms with van der Waals surface area (Å²) < 4.78 is 5.17. The van der Waals surface area contributed by atoms with Gasteiger partial charge in [-0.05, 0) is 43.5 Å². The number of rotatable bonds is 6. The number of methoxy groups -OCH3 is 1. The summed E-state index contributed by atoms with van der Waals surface area (Å²) in [5, 5.41) is 3.28. The molecule has 2 rings (SSSR count). The van der Waals surface area contributed by atoms with Gasteiger partial charge in [0.2, 0.25) is 0 Å². The lowest BCUT2D eigenvalue weighted by Crippen LogP contribution is -2.19. The molecule has 1 unspecified atom stereocenters. The molecule has 102 valence electrons. The van der Waals surface area contributed by atoms with Gasteiger partial charge in [-0.25, -0.2) is 4.98 Å². The normalized spacial score (nSPS) is 12.4. The van der Waals surface area contributed by atoms with Gasteiger partial charge in [-0.3, -0.25) is 0 Å². The van der Waals surface area contributed by atoms with Crippen molar-refractivity contribution in [1.29, 1.82) is 0 Å². The third kappa shape index (κ3) is 4.04. The highest BCUT2D eigenvalue weighted by atomic mass is 32.1. The van der Waals surface area contributed by atoms with E-state index in [1.807, 2.05) is 19.1 Å². The van der Waals surface area contributed by atoms with Crippen molar-refractivity contribution in [3.05, 3.63) is 45.9 Å². The highest BCUT2D eigenvalue weighted by Gasteiger charge is 2.11. The number of ether oxygens (including phenoxy) is 1. The van der Waals surface area contributed by atoms with E-state index in [0.717, 1.165) is 24.3 Å². The molecular formula is C15H20N2OS. The molecule has 0 saturated heterocycles. The Balaban J connectivity index is 1.97. The number of nitrogens with zero attached hydrogens (tertiary/aromatic N) is 1. The van der Waals surface area contributed by atoms with Gasteiger partial charge in [0.1, 0.15) is 5.75 Å². The van der Waals surface area contributed by atoms with Crippen LogP contribution in [0, 0.1) is 12.8 Å². The molecule has 0 saturated carbocycles. The van der Waals surface area contributed by atoms with Crippen LogP contribution >= 0.6 is 11.3 Å². The van der Waals surface area contributed by atoms with E-state index in [0.29, 0.717) is 12.5 Å². The number of nitrogens with two attached hydrogens (primary N) is 1. The monoisotopic (exact) mass is 276 g/mol.